The second kappa shape index (κ2) is 59.9. The highest BCUT2D eigenvalue weighted by atomic mass is 16.6. The summed E-state index contributed by atoms with van der Waals surface area (Å²) in [6.45, 7) is 6.50. The minimum atomic E-state index is -0.796. The van der Waals surface area contributed by atoms with Crippen molar-refractivity contribution in [2.24, 2.45) is 0 Å². The fraction of sp³-hybridized carbons (Fsp3) is 0.712. The Morgan fingerprint density at radius 2 is 0.542 bits per heavy atom. The van der Waals surface area contributed by atoms with Gasteiger partial charge in [-0.1, -0.05) is 259 Å². The summed E-state index contributed by atoms with van der Waals surface area (Å²) in [4.78, 5) is 38.2. The lowest BCUT2D eigenvalue weighted by molar-refractivity contribution is -0.167. The van der Waals surface area contributed by atoms with Crippen LogP contribution in [0.4, 0.5) is 0 Å². The number of hydrogen-bond acceptors (Lipinski definition) is 6. The molecule has 0 bridgehead atoms. The largest absolute Gasteiger partial charge is 0.462 e. The van der Waals surface area contributed by atoms with Crippen molar-refractivity contribution in [3.05, 3.63) is 97.2 Å². The Morgan fingerprint density at radius 3 is 0.861 bits per heavy atom. The predicted octanol–water partition coefficient (Wildman–Crippen LogP) is 20.5. The van der Waals surface area contributed by atoms with Crippen molar-refractivity contribution in [1.29, 1.82) is 0 Å². The molecule has 0 fully saturated rings. The molecule has 0 aromatic heterocycles. The van der Waals surface area contributed by atoms with Crippen LogP contribution in [0.25, 0.3) is 0 Å². The third-order valence-electron chi connectivity index (χ3n) is 12.8. The van der Waals surface area contributed by atoms with Crippen LogP contribution in [0.15, 0.2) is 97.2 Å². The van der Waals surface area contributed by atoms with Crippen molar-refractivity contribution in [1.82, 2.24) is 0 Å². The number of unbranched alkanes of at least 4 members (excludes halogenated alkanes) is 27. The Morgan fingerprint density at radius 1 is 0.292 bits per heavy atom. The third-order valence-corrected chi connectivity index (χ3v) is 12.8. The maximum Gasteiger partial charge on any atom is 0.306 e. The number of hydrogen-bond donors (Lipinski definition) is 0. The normalized spacial score (nSPS) is 12.8. The fourth-order valence-corrected chi connectivity index (χ4v) is 8.30. The van der Waals surface area contributed by atoms with E-state index in [2.05, 4.69) is 118 Å². The predicted molar refractivity (Wildman–Crippen MR) is 311 cm³/mol. The molecule has 0 aliphatic carbocycles. The van der Waals surface area contributed by atoms with Crippen LogP contribution in [0.3, 0.4) is 0 Å². The van der Waals surface area contributed by atoms with E-state index < -0.39 is 6.10 Å². The van der Waals surface area contributed by atoms with E-state index >= 15 is 0 Å². The maximum atomic E-state index is 12.9. The van der Waals surface area contributed by atoms with Gasteiger partial charge in [0.25, 0.3) is 0 Å². The highest BCUT2D eigenvalue weighted by Gasteiger charge is 2.19. The van der Waals surface area contributed by atoms with Crippen LogP contribution in [0.1, 0.15) is 284 Å². The molecule has 0 aliphatic rings. The summed E-state index contributed by atoms with van der Waals surface area (Å²) in [5, 5.41) is 0. The molecule has 0 heterocycles. The highest BCUT2D eigenvalue weighted by molar-refractivity contribution is 5.71. The van der Waals surface area contributed by atoms with Crippen molar-refractivity contribution in [2.75, 3.05) is 13.2 Å². The summed E-state index contributed by atoms with van der Waals surface area (Å²) in [6.07, 6.45) is 79.7. The van der Waals surface area contributed by atoms with Crippen molar-refractivity contribution in [2.45, 2.75) is 290 Å². The Labute approximate surface area is 445 Å². The molecule has 0 spiro atoms. The van der Waals surface area contributed by atoms with Gasteiger partial charge in [0.1, 0.15) is 13.2 Å². The van der Waals surface area contributed by atoms with Crippen LogP contribution in [0.5, 0.6) is 0 Å². The van der Waals surface area contributed by atoms with Crippen LogP contribution in [-0.4, -0.2) is 37.2 Å². The van der Waals surface area contributed by atoms with Crippen molar-refractivity contribution in [3.8, 4) is 0 Å². The molecule has 0 rings (SSSR count). The average molecular weight is 1000 g/mol. The van der Waals surface area contributed by atoms with Crippen molar-refractivity contribution in [3.63, 3.8) is 0 Å². The van der Waals surface area contributed by atoms with Crippen LogP contribution >= 0.6 is 0 Å². The monoisotopic (exact) mass is 1000 g/mol. The standard InChI is InChI=1S/C66H112O6/c1-4-7-10-13-16-19-22-25-28-30-31-32-33-34-35-36-39-41-44-47-50-53-56-59-65(68)71-62-63(61-70-64(67)58-55-52-49-46-43-40-37-27-24-21-18-15-12-9-6-3)72-66(69)60-57-54-51-48-45-42-38-29-26-23-20-17-14-11-8-5-2/h7,10,16,19-20,23,25,28-29,31-32,34-35,38-39,41,63H,4-6,8-9,11-15,17-18,21-22,24,26-27,30,33,36-37,40,42-62H2,1-3H3/b10-7-,19-16-,23-20-,28-25-,32-31-,35-34-,38-29-,41-39-. The van der Waals surface area contributed by atoms with Gasteiger partial charge in [0, 0.05) is 19.3 Å². The minimum absolute atomic E-state index is 0.0898. The summed E-state index contributed by atoms with van der Waals surface area (Å²) in [5.41, 5.74) is 0. The molecule has 0 aromatic rings. The molecule has 0 aliphatic heterocycles. The summed E-state index contributed by atoms with van der Waals surface area (Å²) >= 11 is 0. The first-order valence-electron chi connectivity index (χ1n) is 30.2. The van der Waals surface area contributed by atoms with Gasteiger partial charge in [0.15, 0.2) is 6.10 Å². The van der Waals surface area contributed by atoms with Gasteiger partial charge in [-0.2, -0.15) is 0 Å². The van der Waals surface area contributed by atoms with Crippen LogP contribution < -0.4 is 0 Å². The van der Waals surface area contributed by atoms with Gasteiger partial charge in [0.05, 0.1) is 0 Å². The van der Waals surface area contributed by atoms with Crippen molar-refractivity contribution < 1.29 is 28.6 Å². The molecule has 1 unspecified atom stereocenters. The summed E-state index contributed by atoms with van der Waals surface area (Å²) < 4.78 is 16.9. The molecule has 0 N–H and O–H groups in total. The smallest absolute Gasteiger partial charge is 0.306 e. The molecule has 72 heavy (non-hydrogen) atoms. The minimum Gasteiger partial charge on any atom is -0.462 e. The molecule has 0 saturated heterocycles. The first kappa shape index (κ1) is 68.3. The lowest BCUT2D eigenvalue weighted by Gasteiger charge is -2.18. The molecular weight excluding hydrogens is 889 g/mol. The van der Waals surface area contributed by atoms with Crippen molar-refractivity contribution >= 4 is 17.9 Å². The number of carbonyl (C=O) groups excluding carboxylic acids is 3. The van der Waals surface area contributed by atoms with E-state index in [9.17, 15) is 14.4 Å². The molecular formula is C66H112O6. The number of esters is 3. The van der Waals surface area contributed by atoms with Gasteiger partial charge in [-0.3, -0.25) is 14.4 Å². The van der Waals surface area contributed by atoms with E-state index in [1.54, 1.807) is 0 Å². The van der Waals surface area contributed by atoms with Crippen LogP contribution in [0, 0.1) is 0 Å². The Bertz CT molecular complexity index is 1430. The quantitative estimate of drug-likeness (QED) is 0.0261. The van der Waals surface area contributed by atoms with E-state index in [0.717, 1.165) is 135 Å². The van der Waals surface area contributed by atoms with Crippen LogP contribution in [0.2, 0.25) is 0 Å². The summed E-state index contributed by atoms with van der Waals surface area (Å²) in [7, 11) is 0. The molecule has 6 nitrogen and oxygen atoms in total. The Kier molecular flexibility index (Phi) is 56.8. The van der Waals surface area contributed by atoms with Gasteiger partial charge < -0.3 is 14.2 Å². The molecule has 412 valence electrons. The molecule has 0 radical (unpaired) electrons. The number of carbonyl (C=O) groups is 3. The summed E-state index contributed by atoms with van der Waals surface area (Å²) in [6, 6.07) is 0. The first-order chi connectivity index (χ1) is 35.5. The first-order valence-corrected chi connectivity index (χ1v) is 30.2. The summed E-state index contributed by atoms with van der Waals surface area (Å²) in [5.74, 6) is -0.922. The van der Waals surface area contributed by atoms with Gasteiger partial charge in [0.2, 0.25) is 0 Å². The Hall–Kier alpha value is -3.67. The fourth-order valence-electron chi connectivity index (χ4n) is 8.30. The van der Waals surface area contributed by atoms with Gasteiger partial charge in [-0.25, -0.2) is 0 Å². The highest BCUT2D eigenvalue weighted by Crippen LogP contribution is 2.15. The van der Waals surface area contributed by atoms with E-state index in [0.29, 0.717) is 19.3 Å². The lowest BCUT2D eigenvalue weighted by atomic mass is 10.0. The second-order valence-electron chi connectivity index (χ2n) is 19.9. The molecule has 0 amide bonds. The van der Waals surface area contributed by atoms with Gasteiger partial charge in [-0.05, 0) is 103 Å². The molecule has 6 heteroatoms. The zero-order chi connectivity index (χ0) is 52.2. The molecule has 0 saturated carbocycles. The SMILES string of the molecule is CC/C=C\C/C=C\C/C=C\C/C=C\C/C=C\C/C=C\CCCCCCC(=O)OCC(COC(=O)CCCCCCCCCCCCCCCCC)OC(=O)CCCCCCC/C=C\C/C=C\CCCCCC. The van der Waals surface area contributed by atoms with E-state index in [1.807, 2.05) is 0 Å². The number of ether oxygens (including phenoxy) is 3. The number of allylic oxidation sites excluding steroid dienone is 16. The van der Waals surface area contributed by atoms with Crippen LogP contribution in [-0.2, 0) is 28.6 Å². The zero-order valence-corrected chi connectivity index (χ0v) is 47.2. The van der Waals surface area contributed by atoms with Gasteiger partial charge in [-0.15, -0.1) is 0 Å². The van der Waals surface area contributed by atoms with E-state index in [4.69, 9.17) is 14.2 Å². The Balaban J connectivity index is 4.44. The molecule has 0 aromatic carbocycles. The third kappa shape index (κ3) is 57.2. The maximum absolute atomic E-state index is 12.9. The van der Waals surface area contributed by atoms with E-state index in [1.165, 1.54) is 109 Å². The average Bonchev–Trinajstić information content (AvgIpc) is 3.38. The van der Waals surface area contributed by atoms with Gasteiger partial charge >= 0.3 is 17.9 Å². The zero-order valence-electron chi connectivity index (χ0n) is 47.2. The van der Waals surface area contributed by atoms with E-state index in [-0.39, 0.29) is 31.1 Å². The molecule has 1 atom stereocenters. The topological polar surface area (TPSA) is 78.9 Å². The second-order valence-corrected chi connectivity index (χ2v) is 19.9. The number of rotatable bonds is 54. The lowest BCUT2D eigenvalue weighted by Crippen LogP contribution is -2.30.